The summed E-state index contributed by atoms with van der Waals surface area (Å²) in [6.45, 7) is 1.15. The molecule has 0 radical (unpaired) electrons. The summed E-state index contributed by atoms with van der Waals surface area (Å²) in [4.78, 5) is 0. The number of rotatable bonds is 3. The Kier molecular flexibility index (Phi) is 4.70. The van der Waals surface area contributed by atoms with Gasteiger partial charge in [0.15, 0.2) is 0 Å². The molecule has 1 N–H and O–H groups in total. The van der Waals surface area contributed by atoms with Crippen molar-refractivity contribution in [2.75, 3.05) is 13.2 Å². The maximum Gasteiger partial charge on any atom is 0.143 e. The molecule has 2 nitrogen and oxygen atoms in total. The van der Waals surface area contributed by atoms with Gasteiger partial charge < -0.3 is 9.84 Å². The molecule has 0 amide bonds. The van der Waals surface area contributed by atoms with Crippen molar-refractivity contribution in [3.05, 3.63) is 33.8 Å². The molecule has 1 aliphatic rings. The number of aliphatic hydroxyl groups excluding tert-OH is 1. The van der Waals surface area contributed by atoms with Gasteiger partial charge in [-0.1, -0.05) is 0 Å². The fourth-order valence-electron chi connectivity index (χ4n) is 2.20. The Morgan fingerprint density at radius 3 is 2.89 bits per heavy atom. The van der Waals surface area contributed by atoms with Gasteiger partial charge in [0.25, 0.3) is 0 Å². The van der Waals surface area contributed by atoms with E-state index in [9.17, 15) is 13.9 Å². The first-order valence-corrected chi connectivity index (χ1v) is 6.77. The van der Waals surface area contributed by atoms with E-state index in [-0.39, 0.29) is 22.4 Å². The molecule has 0 saturated carbocycles. The van der Waals surface area contributed by atoms with E-state index in [2.05, 4.69) is 15.9 Å². The van der Waals surface area contributed by atoms with Crippen LogP contribution in [0.15, 0.2) is 16.6 Å². The molecule has 1 heterocycles. The lowest BCUT2D eigenvalue weighted by Gasteiger charge is -2.27. The van der Waals surface area contributed by atoms with E-state index >= 15 is 0 Å². The fraction of sp³-hybridized carbons (Fsp3) is 0.538. The van der Waals surface area contributed by atoms with Crippen LogP contribution in [0.2, 0.25) is 0 Å². The predicted octanol–water partition coefficient (Wildman–Crippen LogP) is 3.06. The van der Waals surface area contributed by atoms with Crippen LogP contribution < -0.4 is 0 Å². The topological polar surface area (TPSA) is 29.5 Å². The van der Waals surface area contributed by atoms with Gasteiger partial charge in [-0.2, -0.15) is 0 Å². The van der Waals surface area contributed by atoms with Crippen molar-refractivity contribution in [1.82, 2.24) is 0 Å². The average molecular weight is 321 g/mol. The standard InChI is InChI=1S/C13H15BrF2O2/c14-10-3-4-11(15)9(13(10)16)6-12(17)8-2-1-5-18-7-8/h3-4,8,12,17H,1-2,5-7H2. The lowest BCUT2D eigenvalue weighted by atomic mass is 9.91. The van der Waals surface area contributed by atoms with Crippen molar-refractivity contribution in [2.24, 2.45) is 5.92 Å². The molecule has 1 fully saturated rings. The summed E-state index contributed by atoms with van der Waals surface area (Å²) >= 11 is 3.02. The van der Waals surface area contributed by atoms with Crippen molar-refractivity contribution in [1.29, 1.82) is 0 Å². The smallest absolute Gasteiger partial charge is 0.143 e. The molecule has 0 aromatic heterocycles. The summed E-state index contributed by atoms with van der Waals surface area (Å²) in [5, 5.41) is 10.0. The zero-order chi connectivity index (χ0) is 13.1. The maximum absolute atomic E-state index is 13.8. The minimum absolute atomic E-state index is 0.0227. The van der Waals surface area contributed by atoms with Gasteiger partial charge in [0.1, 0.15) is 11.6 Å². The minimum atomic E-state index is -0.774. The van der Waals surface area contributed by atoms with Crippen molar-refractivity contribution >= 4 is 15.9 Å². The predicted molar refractivity (Wildman–Crippen MR) is 67.3 cm³/mol. The zero-order valence-electron chi connectivity index (χ0n) is 9.83. The Morgan fingerprint density at radius 2 is 2.22 bits per heavy atom. The van der Waals surface area contributed by atoms with Gasteiger partial charge in [0, 0.05) is 24.5 Å². The molecular formula is C13H15BrF2O2. The van der Waals surface area contributed by atoms with Crippen LogP contribution in [0.3, 0.4) is 0 Å². The van der Waals surface area contributed by atoms with Crippen molar-refractivity contribution in [3.8, 4) is 0 Å². The second-order valence-electron chi connectivity index (χ2n) is 4.57. The van der Waals surface area contributed by atoms with Crippen LogP contribution in [-0.4, -0.2) is 24.4 Å². The lowest BCUT2D eigenvalue weighted by molar-refractivity contribution is -0.00903. The van der Waals surface area contributed by atoms with Gasteiger partial charge in [0.05, 0.1) is 17.2 Å². The molecular weight excluding hydrogens is 306 g/mol. The van der Waals surface area contributed by atoms with Crippen LogP contribution in [0.25, 0.3) is 0 Å². The Hall–Kier alpha value is -0.520. The van der Waals surface area contributed by atoms with Gasteiger partial charge in [-0.05, 0) is 40.9 Å². The van der Waals surface area contributed by atoms with Crippen LogP contribution >= 0.6 is 15.9 Å². The van der Waals surface area contributed by atoms with Crippen LogP contribution in [0, 0.1) is 17.6 Å². The number of halogens is 3. The largest absolute Gasteiger partial charge is 0.392 e. The Balaban J connectivity index is 2.10. The summed E-state index contributed by atoms with van der Waals surface area (Å²) in [7, 11) is 0. The molecule has 0 spiro atoms. The van der Waals surface area contributed by atoms with E-state index in [0.29, 0.717) is 13.2 Å². The number of aliphatic hydroxyl groups is 1. The molecule has 0 aliphatic carbocycles. The minimum Gasteiger partial charge on any atom is -0.392 e. The third-order valence-corrected chi connectivity index (χ3v) is 3.90. The molecule has 0 bridgehead atoms. The van der Waals surface area contributed by atoms with E-state index in [1.165, 1.54) is 12.1 Å². The zero-order valence-corrected chi connectivity index (χ0v) is 11.4. The number of benzene rings is 1. The third-order valence-electron chi connectivity index (χ3n) is 3.29. The molecule has 2 unspecified atom stereocenters. The van der Waals surface area contributed by atoms with E-state index in [1.54, 1.807) is 0 Å². The fourth-order valence-corrected chi connectivity index (χ4v) is 2.57. The highest BCUT2D eigenvalue weighted by Gasteiger charge is 2.25. The van der Waals surface area contributed by atoms with Gasteiger partial charge in [-0.3, -0.25) is 0 Å². The number of ether oxygens (including phenoxy) is 1. The van der Waals surface area contributed by atoms with E-state index in [0.717, 1.165) is 12.8 Å². The molecule has 1 aromatic carbocycles. The molecule has 1 aliphatic heterocycles. The lowest BCUT2D eigenvalue weighted by Crippen LogP contribution is -2.31. The van der Waals surface area contributed by atoms with Gasteiger partial charge in [-0.25, -0.2) is 8.78 Å². The Morgan fingerprint density at radius 1 is 1.44 bits per heavy atom. The number of hydrogen-bond donors (Lipinski definition) is 1. The molecule has 5 heteroatoms. The first-order valence-electron chi connectivity index (χ1n) is 5.97. The summed E-state index contributed by atoms with van der Waals surface area (Å²) in [5.74, 6) is -1.30. The SMILES string of the molecule is OC(Cc1c(F)ccc(Br)c1F)C1CCCOC1. The highest BCUT2D eigenvalue weighted by molar-refractivity contribution is 9.10. The van der Waals surface area contributed by atoms with Crippen molar-refractivity contribution in [3.63, 3.8) is 0 Å². The third kappa shape index (κ3) is 3.08. The Bertz CT molecular complexity index is 420. The average Bonchev–Trinajstić information content (AvgIpc) is 2.40. The first kappa shape index (κ1) is 13.9. The highest BCUT2D eigenvalue weighted by Crippen LogP contribution is 2.26. The van der Waals surface area contributed by atoms with Crippen molar-refractivity contribution in [2.45, 2.75) is 25.4 Å². The summed E-state index contributed by atoms with van der Waals surface area (Å²) in [6, 6.07) is 2.52. The second-order valence-corrected chi connectivity index (χ2v) is 5.42. The Labute approximate surface area is 113 Å². The highest BCUT2D eigenvalue weighted by atomic mass is 79.9. The first-order chi connectivity index (χ1) is 8.59. The molecule has 1 aromatic rings. The quantitative estimate of drug-likeness (QED) is 0.867. The summed E-state index contributed by atoms with van der Waals surface area (Å²) in [5.41, 5.74) is -0.0672. The van der Waals surface area contributed by atoms with E-state index in [1.807, 2.05) is 0 Å². The van der Waals surface area contributed by atoms with Crippen LogP contribution in [-0.2, 0) is 11.2 Å². The second kappa shape index (κ2) is 6.08. The summed E-state index contributed by atoms with van der Waals surface area (Å²) in [6.07, 6.45) is 0.915. The molecule has 2 atom stereocenters. The van der Waals surface area contributed by atoms with E-state index < -0.39 is 17.7 Å². The van der Waals surface area contributed by atoms with Crippen LogP contribution in [0.4, 0.5) is 8.78 Å². The molecule has 2 rings (SSSR count). The summed E-state index contributed by atoms with van der Waals surface area (Å²) < 4.78 is 32.8. The van der Waals surface area contributed by atoms with E-state index in [4.69, 9.17) is 4.74 Å². The van der Waals surface area contributed by atoms with Gasteiger partial charge in [-0.15, -0.1) is 0 Å². The molecule has 18 heavy (non-hydrogen) atoms. The monoisotopic (exact) mass is 320 g/mol. The molecule has 1 saturated heterocycles. The maximum atomic E-state index is 13.8. The van der Waals surface area contributed by atoms with Crippen LogP contribution in [0.5, 0.6) is 0 Å². The van der Waals surface area contributed by atoms with Gasteiger partial charge in [0.2, 0.25) is 0 Å². The molecule has 100 valence electrons. The van der Waals surface area contributed by atoms with Crippen LogP contribution in [0.1, 0.15) is 18.4 Å². The normalized spacial score (nSPS) is 21.9. The number of hydrogen-bond acceptors (Lipinski definition) is 2. The van der Waals surface area contributed by atoms with Crippen molar-refractivity contribution < 1.29 is 18.6 Å². The van der Waals surface area contributed by atoms with Gasteiger partial charge >= 0.3 is 0 Å².